The van der Waals surface area contributed by atoms with E-state index >= 15 is 0 Å². The van der Waals surface area contributed by atoms with E-state index in [1.165, 1.54) is 5.56 Å². The summed E-state index contributed by atoms with van der Waals surface area (Å²) in [6.07, 6.45) is 7.91. The number of anilines is 1. The zero-order valence-electron chi connectivity index (χ0n) is 13.1. The van der Waals surface area contributed by atoms with Crippen LogP contribution in [0.2, 0.25) is 0 Å². The first kappa shape index (κ1) is 13.9. The fourth-order valence-electron chi connectivity index (χ4n) is 3.08. The van der Waals surface area contributed by atoms with Crippen LogP contribution in [0.15, 0.2) is 43.0 Å². The van der Waals surface area contributed by atoms with E-state index in [0.717, 1.165) is 37.6 Å². The molecular weight excluding hydrogens is 290 g/mol. The van der Waals surface area contributed by atoms with Crippen LogP contribution < -0.4 is 4.90 Å². The molecule has 3 aromatic rings. The van der Waals surface area contributed by atoms with E-state index in [2.05, 4.69) is 49.0 Å². The van der Waals surface area contributed by atoms with Crippen molar-refractivity contribution in [3.8, 4) is 5.69 Å². The van der Waals surface area contributed by atoms with Crippen molar-refractivity contribution >= 4 is 5.95 Å². The molecule has 1 aliphatic rings. The number of hydrogen-bond donors (Lipinski definition) is 0. The molecule has 118 valence electrons. The lowest BCUT2D eigenvalue weighted by Crippen LogP contribution is -2.36. The number of rotatable bonds is 3. The van der Waals surface area contributed by atoms with Crippen LogP contribution in [0.25, 0.3) is 5.69 Å². The fourth-order valence-corrected chi connectivity index (χ4v) is 3.08. The van der Waals surface area contributed by atoms with Crippen LogP contribution in [0.1, 0.15) is 24.4 Å². The maximum Gasteiger partial charge on any atom is 0.250 e. The topological polar surface area (TPSA) is 64.7 Å². The van der Waals surface area contributed by atoms with Gasteiger partial charge in [-0.1, -0.05) is 22.8 Å². The Morgan fingerprint density at radius 1 is 1.09 bits per heavy atom. The minimum absolute atomic E-state index is 0.512. The molecule has 0 N–H and O–H groups in total. The summed E-state index contributed by atoms with van der Waals surface area (Å²) in [7, 11) is 0. The van der Waals surface area contributed by atoms with E-state index in [4.69, 9.17) is 0 Å². The van der Waals surface area contributed by atoms with E-state index in [1.807, 2.05) is 35.5 Å². The minimum atomic E-state index is 0.512. The lowest BCUT2D eigenvalue weighted by Gasteiger charge is -2.32. The van der Waals surface area contributed by atoms with Gasteiger partial charge in [-0.15, -0.1) is 0 Å². The third-order valence-corrected chi connectivity index (χ3v) is 4.43. The zero-order valence-corrected chi connectivity index (χ0v) is 13.1. The van der Waals surface area contributed by atoms with Gasteiger partial charge in [0.1, 0.15) is 0 Å². The van der Waals surface area contributed by atoms with Gasteiger partial charge in [0.05, 0.1) is 12.0 Å². The average molecular weight is 309 g/mol. The van der Waals surface area contributed by atoms with Gasteiger partial charge < -0.3 is 9.47 Å². The predicted octanol–water partition coefficient (Wildman–Crippen LogP) is 2.01. The predicted molar refractivity (Wildman–Crippen MR) is 86.6 cm³/mol. The van der Waals surface area contributed by atoms with Crippen LogP contribution in [-0.2, 0) is 0 Å². The third-order valence-electron chi connectivity index (χ3n) is 4.43. The van der Waals surface area contributed by atoms with E-state index in [9.17, 15) is 0 Å². The Balaban J connectivity index is 1.52. The van der Waals surface area contributed by atoms with Gasteiger partial charge in [0.25, 0.3) is 0 Å². The Labute approximate surface area is 134 Å². The smallest absolute Gasteiger partial charge is 0.250 e. The highest BCUT2D eigenvalue weighted by molar-refractivity contribution is 5.42. The number of benzene rings is 1. The number of tetrazole rings is 1. The van der Waals surface area contributed by atoms with Crippen LogP contribution in [0.4, 0.5) is 5.95 Å². The van der Waals surface area contributed by atoms with Crippen molar-refractivity contribution in [1.29, 1.82) is 0 Å². The molecule has 0 radical (unpaired) electrons. The van der Waals surface area contributed by atoms with Gasteiger partial charge in [0.15, 0.2) is 0 Å². The van der Waals surface area contributed by atoms with Crippen LogP contribution in [0, 0.1) is 6.92 Å². The van der Waals surface area contributed by atoms with E-state index in [0.29, 0.717) is 6.04 Å². The van der Waals surface area contributed by atoms with Crippen LogP contribution >= 0.6 is 0 Å². The molecule has 4 rings (SSSR count). The van der Waals surface area contributed by atoms with Crippen molar-refractivity contribution in [3.63, 3.8) is 0 Å². The molecule has 0 spiro atoms. The monoisotopic (exact) mass is 309 g/mol. The van der Waals surface area contributed by atoms with Crippen molar-refractivity contribution in [3.05, 3.63) is 48.5 Å². The van der Waals surface area contributed by atoms with Crippen molar-refractivity contribution in [2.24, 2.45) is 0 Å². The molecule has 0 amide bonds. The molecule has 0 saturated carbocycles. The van der Waals surface area contributed by atoms with Gasteiger partial charge >= 0.3 is 0 Å². The van der Waals surface area contributed by atoms with Crippen LogP contribution in [-0.4, -0.2) is 42.8 Å². The summed E-state index contributed by atoms with van der Waals surface area (Å²) in [4.78, 5) is 6.40. The second kappa shape index (κ2) is 5.83. The van der Waals surface area contributed by atoms with E-state index in [-0.39, 0.29) is 0 Å². The van der Waals surface area contributed by atoms with Crippen molar-refractivity contribution in [2.45, 2.75) is 25.8 Å². The second-order valence-electron chi connectivity index (χ2n) is 5.95. The molecule has 0 unspecified atom stereocenters. The Kier molecular flexibility index (Phi) is 3.53. The lowest BCUT2D eigenvalue weighted by molar-refractivity contribution is 0.392. The summed E-state index contributed by atoms with van der Waals surface area (Å²) in [6, 6.07) is 8.76. The van der Waals surface area contributed by atoms with Gasteiger partial charge in [-0.25, -0.2) is 4.98 Å². The van der Waals surface area contributed by atoms with E-state index < -0.39 is 0 Å². The largest absolute Gasteiger partial charge is 0.339 e. The van der Waals surface area contributed by atoms with Gasteiger partial charge in [-0.2, -0.15) is 4.68 Å². The summed E-state index contributed by atoms with van der Waals surface area (Å²) in [6.45, 7) is 3.95. The zero-order chi connectivity index (χ0) is 15.6. The molecule has 1 fully saturated rings. The molecule has 7 heteroatoms. The van der Waals surface area contributed by atoms with Crippen molar-refractivity contribution in [2.75, 3.05) is 18.0 Å². The molecule has 0 atom stereocenters. The molecule has 1 aliphatic heterocycles. The van der Waals surface area contributed by atoms with Crippen LogP contribution in [0.5, 0.6) is 0 Å². The minimum Gasteiger partial charge on any atom is -0.339 e. The van der Waals surface area contributed by atoms with Crippen LogP contribution in [0.3, 0.4) is 0 Å². The normalized spacial score (nSPS) is 16.0. The molecule has 23 heavy (non-hydrogen) atoms. The highest BCUT2D eigenvalue weighted by Crippen LogP contribution is 2.26. The number of aryl methyl sites for hydroxylation is 1. The standard InChI is InChI=1S/C16H19N7/c1-13-2-4-15(5-3-13)23-16(18-19-20-23)21-9-6-14(7-10-21)22-11-8-17-12-22/h2-5,8,11-12,14H,6-7,9-10H2,1H3. The first-order valence-corrected chi connectivity index (χ1v) is 7.89. The van der Waals surface area contributed by atoms with Gasteiger partial charge in [-0.05, 0) is 42.3 Å². The summed E-state index contributed by atoms with van der Waals surface area (Å²) >= 11 is 0. The molecule has 3 heterocycles. The number of piperidine rings is 1. The maximum absolute atomic E-state index is 4.24. The van der Waals surface area contributed by atoms with Crippen molar-refractivity contribution in [1.82, 2.24) is 29.8 Å². The first-order valence-electron chi connectivity index (χ1n) is 7.89. The number of aromatic nitrogens is 6. The molecule has 2 aromatic heterocycles. The molecule has 0 aliphatic carbocycles. The number of hydrogen-bond acceptors (Lipinski definition) is 5. The molecular formula is C16H19N7. The SMILES string of the molecule is Cc1ccc(-n2nnnc2N2CCC(n3ccnc3)CC2)cc1. The highest BCUT2D eigenvalue weighted by Gasteiger charge is 2.24. The summed E-state index contributed by atoms with van der Waals surface area (Å²) in [5, 5.41) is 12.3. The summed E-state index contributed by atoms with van der Waals surface area (Å²) in [5.41, 5.74) is 2.22. The van der Waals surface area contributed by atoms with Crippen molar-refractivity contribution < 1.29 is 0 Å². The fraction of sp³-hybridized carbons (Fsp3) is 0.375. The third kappa shape index (κ3) is 2.69. The Morgan fingerprint density at radius 3 is 2.57 bits per heavy atom. The summed E-state index contributed by atoms with van der Waals surface area (Å²) in [5.74, 6) is 0.818. The Hall–Kier alpha value is -2.70. The lowest BCUT2D eigenvalue weighted by atomic mass is 10.1. The number of imidazole rings is 1. The first-order chi connectivity index (χ1) is 11.3. The average Bonchev–Trinajstić information content (AvgIpc) is 3.28. The second-order valence-corrected chi connectivity index (χ2v) is 5.95. The molecule has 1 aromatic carbocycles. The highest BCUT2D eigenvalue weighted by atomic mass is 15.6. The molecule has 7 nitrogen and oxygen atoms in total. The molecule has 1 saturated heterocycles. The van der Waals surface area contributed by atoms with Gasteiger partial charge in [-0.3, -0.25) is 0 Å². The maximum atomic E-state index is 4.24. The summed E-state index contributed by atoms with van der Waals surface area (Å²) < 4.78 is 4.01. The molecule has 0 bridgehead atoms. The quantitative estimate of drug-likeness (QED) is 0.740. The van der Waals surface area contributed by atoms with Gasteiger partial charge in [0, 0.05) is 31.5 Å². The van der Waals surface area contributed by atoms with E-state index in [1.54, 1.807) is 0 Å². The Morgan fingerprint density at radius 2 is 1.87 bits per heavy atom. The van der Waals surface area contributed by atoms with Gasteiger partial charge in [0.2, 0.25) is 5.95 Å². The Bertz CT molecular complexity index is 752. The number of nitrogens with zero attached hydrogens (tertiary/aromatic N) is 7.